The van der Waals surface area contributed by atoms with E-state index in [1.807, 2.05) is 11.4 Å². The molecule has 0 aliphatic carbocycles. The van der Waals surface area contributed by atoms with Crippen molar-refractivity contribution >= 4 is 33.2 Å². The van der Waals surface area contributed by atoms with Crippen LogP contribution in [-0.4, -0.2) is 24.2 Å². The molecule has 0 spiro atoms. The quantitative estimate of drug-likeness (QED) is 0.912. The number of rotatable bonds is 2. The third-order valence-electron chi connectivity index (χ3n) is 3.25. The summed E-state index contributed by atoms with van der Waals surface area (Å²) in [6.07, 6.45) is 3.84. The van der Waals surface area contributed by atoms with Crippen molar-refractivity contribution < 1.29 is 9.53 Å². The molecular formula is C11H12BrNO2S. The Kier molecular flexibility index (Phi) is 2.77. The van der Waals surface area contributed by atoms with Crippen molar-refractivity contribution in [2.24, 2.45) is 0 Å². The molecule has 2 aliphatic rings. The number of carbonyl (C=O) groups excluding carboxylic acids is 1. The van der Waals surface area contributed by atoms with E-state index in [9.17, 15) is 4.79 Å². The van der Waals surface area contributed by atoms with Crippen molar-refractivity contribution in [1.82, 2.24) is 5.32 Å². The van der Waals surface area contributed by atoms with Gasteiger partial charge in [-0.15, -0.1) is 11.3 Å². The van der Waals surface area contributed by atoms with Crippen molar-refractivity contribution in [3.05, 3.63) is 20.8 Å². The van der Waals surface area contributed by atoms with Crippen LogP contribution in [0.1, 0.15) is 29.6 Å². The molecule has 86 valence electrons. The van der Waals surface area contributed by atoms with Crippen molar-refractivity contribution in [2.75, 3.05) is 0 Å². The number of hydrogen-bond donors (Lipinski definition) is 1. The predicted molar refractivity (Wildman–Crippen MR) is 65.8 cm³/mol. The molecule has 3 heterocycles. The summed E-state index contributed by atoms with van der Waals surface area (Å²) in [6, 6.07) is 2.07. The van der Waals surface area contributed by atoms with E-state index in [0.717, 1.165) is 28.6 Å². The Labute approximate surface area is 106 Å². The van der Waals surface area contributed by atoms with Gasteiger partial charge in [0.05, 0.1) is 27.6 Å². The molecule has 0 radical (unpaired) electrons. The molecule has 2 saturated heterocycles. The lowest BCUT2D eigenvalue weighted by molar-refractivity contribution is 0.0841. The topological polar surface area (TPSA) is 38.3 Å². The van der Waals surface area contributed by atoms with Gasteiger partial charge < -0.3 is 10.1 Å². The van der Waals surface area contributed by atoms with Crippen molar-refractivity contribution in [3.8, 4) is 0 Å². The Morgan fingerprint density at radius 2 is 2.44 bits per heavy atom. The van der Waals surface area contributed by atoms with Gasteiger partial charge in [-0.05, 0) is 41.3 Å². The Hall–Kier alpha value is -0.390. The minimum Gasteiger partial charge on any atom is -0.373 e. The Balaban J connectivity index is 1.65. The second kappa shape index (κ2) is 4.13. The van der Waals surface area contributed by atoms with E-state index in [1.54, 1.807) is 0 Å². The maximum absolute atomic E-state index is 11.9. The fourth-order valence-electron chi connectivity index (χ4n) is 2.47. The number of thiophene rings is 1. The van der Waals surface area contributed by atoms with E-state index in [-0.39, 0.29) is 18.1 Å². The van der Waals surface area contributed by atoms with E-state index >= 15 is 0 Å². The fraction of sp³-hybridized carbons (Fsp3) is 0.545. The molecule has 2 bridgehead atoms. The molecule has 3 nitrogen and oxygen atoms in total. The summed E-state index contributed by atoms with van der Waals surface area (Å²) < 4.78 is 6.69. The second-order valence-corrected chi connectivity index (χ2v) is 6.62. The lowest BCUT2D eigenvalue weighted by Gasteiger charge is -2.19. The molecule has 1 amide bonds. The third-order valence-corrected chi connectivity index (χ3v) is 4.76. The highest BCUT2D eigenvalue weighted by Gasteiger charge is 2.41. The second-order valence-electron chi connectivity index (χ2n) is 4.33. The summed E-state index contributed by atoms with van der Waals surface area (Å²) in [6.45, 7) is 0. The van der Waals surface area contributed by atoms with Crippen LogP contribution in [0, 0.1) is 0 Å². The summed E-state index contributed by atoms with van der Waals surface area (Å²) in [5.41, 5.74) is 0.736. The van der Waals surface area contributed by atoms with E-state index in [1.165, 1.54) is 11.3 Å². The highest BCUT2D eigenvalue weighted by molar-refractivity contribution is 9.11. The molecule has 3 unspecified atom stereocenters. The number of hydrogen-bond acceptors (Lipinski definition) is 3. The van der Waals surface area contributed by atoms with Gasteiger partial charge in [0.2, 0.25) is 0 Å². The molecule has 2 aliphatic heterocycles. The van der Waals surface area contributed by atoms with E-state index < -0.39 is 0 Å². The van der Waals surface area contributed by atoms with Gasteiger partial charge in [-0.3, -0.25) is 4.79 Å². The molecule has 2 fully saturated rings. The van der Waals surface area contributed by atoms with Crippen LogP contribution < -0.4 is 5.32 Å². The first-order valence-corrected chi connectivity index (χ1v) is 7.10. The summed E-state index contributed by atoms with van der Waals surface area (Å²) in [4.78, 5) is 11.9. The minimum absolute atomic E-state index is 0.0168. The van der Waals surface area contributed by atoms with Crippen LogP contribution in [0.15, 0.2) is 15.2 Å². The molecule has 16 heavy (non-hydrogen) atoms. The summed E-state index contributed by atoms with van der Waals surface area (Å²) in [5.74, 6) is 0.0168. The first-order valence-electron chi connectivity index (χ1n) is 5.43. The average molecular weight is 302 g/mol. The highest BCUT2D eigenvalue weighted by Crippen LogP contribution is 2.34. The normalized spacial score (nSPS) is 31.9. The summed E-state index contributed by atoms with van der Waals surface area (Å²) >= 11 is 4.89. The van der Waals surface area contributed by atoms with E-state index in [4.69, 9.17) is 4.74 Å². The molecule has 0 saturated carbocycles. The van der Waals surface area contributed by atoms with Crippen LogP contribution in [0.5, 0.6) is 0 Å². The van der Waals surface area contributed by atoms with Gasteiger partial charge in [0, 0.05) is 5.38 Å². The lowest BCUT2D eigenvalue weighted by atomic mass is 9.95. The van der Waals surface area contributed by atoms with Gasteiger partial charge in [0.15, 0.2) is 0 Å². The largest absolute Gasteiger partial charge is 0.373 e. The first-order chi connectivity index (χ1) is 7.72. The standard InChI is InChI=1S/C11H12BrNO2S/c12-10-3-6(5-16-10)11(14)13-8-4-7-1-2-9(8)15-7/h3,5,7-9H,1-2,4H2,(H,13,14). The number of nitrogens with one attached hydrogen (secondary N) is 1. The molecule has 5 heteroatoms. The number of amides is 1. The molecule has 1 aromatic heterocycles. The molecular weight excluding hydrogens is 290 g/mol. The van der Waals surface area contributed by atoms with Crippen molar-refractivity contribution in [3.63, 3.8) is 0 Å². The van der Waals surface area contributed by atoms with Crippen molar-refractivity contribution in [2.45, 2.75) is 37.5 Å². The number of halogens is 1. The summed E-state index contributed by atoms with van der Waals surface area (Å²) in [7, 11) is 0. The zero-order valence-electron chi connectivity index (χ0n) is 8.61. The van der Waals surface area contributed by atoms with Crippen LogP contribution in [0.3, 0.4) is 0 Å². The monoisotopic (exact) mass is 301 g/mol. The lowest BCUT2D eigenvalue weighted by Crippen LogP contribution is -2.41. The molecule has 1 aromatic rings. The smallest absolute Gasteiger partial charge is 0.252 e. The van der Waals surface area contributed by atoms with E-state index in [0.29, 0.717) is 6.10 Å². The number of fused-ring (bicyclic) bond motifs is 2. The van der Waals surface area contributed by atoms with Gasteiger partial charge in [0.1, 0.15) is 0 Å². The Bertz CT molecular complexity index is 420. The van der Waals surface area contributed by atoms with Gasteiger partial charge in [0.25, 0.3) is 5.91 Å². The minimum atomic E-state index is 0.0168. The maximum atomic E-state index is 11.9. The number of ether oxygens (including phenoxy) is 1. The van der Waals surface area contributed by atoms with Crippen LogP contribution in [0.2, 0.25) is 0 Å². The molecule has 3 rings (SSSR count). The molecule has 0 aromatic carbocycles. The third kappa shape index (κ3) is 1.92. The fourth-order valence-corrected chi connectivity index (χ4v) is 3.61. The van der Waals surface area contributed by atoms with Crippen LogP contribution >= 0.6 is 27.3 Å². The maximum Gasteiger partial charge on any atom is 0.252 e. The SMILES string of the molecule is O=C(NC1CC2CCC1O2)c1csc(Br)c1. The van der Waals surface area contributed by atoms with Gasteiger partial charge in [-0.2, -0.15) is 0 Å². The highest BCUT2D eigenvalue weighted by atomic mass is 79.9. The van der Waals surface area contributed by atoms with Gasteiger partial charge in [-0.1, -0.05) is 0 Å². The van der Waals surface area contributed by atoms with Crippen LogP contribution in [0.25, 0.3) is 0 Å². The van der Waals surface area contributed by atoms with Gasteiger partial charge in [-0.25, -0.2) is 0 Å². The molecule has 1 N–H and O–H groups in total. The van der Waals surface area contributed by atoms with Gasteiger partial charge >= 0.3 is 0 Å². The average Bonchev–Trinajstić information content (AvgIpc) is 2.92. The predicted octanol–water partition coefficient (Wildman–Crippen LogP) is 2.56. The van der Waals surface area contributed by atoms with E-state index in [2.05, 4.69) is 21.2 Å². The summed E-state index contributed by atoms with van der Waals surface area (Å²) in [5, 5.41) is 4.93. The molecule has 3 atom stereocenters. The number of carbonyl (C=O) groups is 1. The van der Waals surface area contributed by atoms with Crippen LogP contribution in [-0.2, 0) is 4.74 Å². The first kappa shape index (κ1) is 10.7. The zero-order chi connectivity index (χ0) is 11.1. The van der Waals surface area contributed by atoms with Crippen molar-refractivity contribution in [1.29, 1.82) is 0 Å². The Morgan fingerprint density at radius 1 is 1.56 bits per heavy atom. The zero-order valence-corrected chi connectivity index (χ0v) is 11.0. The van der Waals surface area contributed by atoms with Crippen LogP contribution in [0.4, 0.5) is 0 Å². The Morgan fingerprint density at radius 3 is 3.00 bits per heavy atom.